The number of benzene rings is 3. The number of anilines is 1. The molecule has 0 aliphatic rings. The lowest BCUT2D eigenvalue weighted by molar-refractivity contribution is -0.118. The summed E-state index contributed by atoms with van der Waals surface area (Å²) in [6, 6.07) is 21.0. The highest BCUT2D eigenvalue weighted by Crippen LogP contribution is 2.21. The molecule has 7 nitrogen and oxygen atoms in total. The normalized spacial score (nSPS) is 10.6. The van der Waals surface area contributed by atoms with E-state index < -0.39 is 5.97 Å². The van der Waals surface area contributed by atoms with Crippen LogP contribution in [0.2, 0.25) is 0 Å². The number of para-hydroxylation sites is 3. The summed E-state index contributed by atoms with van der Waals surface area (Å²) in [4.78, 5) is 29.0. The summed E-state index contributed by atoms with van der Waals surface area (Å²) < 4.78 is 17.3. The van der Waals surface area contributed by atoms with Crippen LogP contribution in [0.15, 0.2) is 81.7 Å². The third-order valence-electron chi connectivity index (χ3n) is 4.26. The average Bonchev–Trinajstić information content (AvgIpc) is 3.21. The van der Waals surface area contributed by atoms with E-state index in [-0.39, 0.29) is 30.4 Å². The zero-order valence-electron chi connectivity index (χ0n) is 16.2. The van der Waals surface area contributed by atoms with E-state index in [1.165, 1.54) is 0 Å². The highest BCUT2D eigenvalue weighted by Gasteiger charge is 2.16. The number of rotatable bonds is 7. The molecule has 0 saturated heterocycles. The average molecular weight is 481 g/mol. The van der Waals surface area contributed by atoms with Crippen LogP contribution in [0.1, 0.15) is 16.2 Å². The Labute approximate surface area is 186 Å². The quantitative estimate of drug-likeness (QED) is 0.375. The molecule has 4 rings (SSSR count). The molecule has 0 aliphatic carbocycles. The molecule has 0 fully saturated rings. The fourth-order valence-corrected chi connectivity index (χ4v) is 3.09. The third-order valence-corrected chi connectivity index (χ3v) is 4.79. The minimum absolute atomic E-state index is 0.119. The van der Waals surface area contributed by atoms with Crippen molar-refractivity contribution in [2.24, 2.45) is 0 Å². The van der Waals surface area contributed by atoms with Gasteiger partial charge in [-0.15, -0.1) is 0 Å². The molecule has 31 heavy (non-hydrogen) atoms. The SMILES string of the molecule is O=C(COc1ccccc1C(=O)OCc1nc2ccccc2o1)Nc1ccc(Br)cc1. The summed E-state index contributed by atoms with van der Waals surface area (Å²) in [5, 5.41) is 2.73. The first kappa shape index (κ1) is 20.6. The number of carbonyl (C=O) groups is 2. The molecule has 1 N–H and O–H groups in total. The maximum Gasteiger partial charge on any atom is 0.342 e. The number of fused-ring (bicyclic) bond motifs is 1. The minimum Gasteiger partial charge on any atom is -0.483 e. The highest BCUT2D eigenvalue weighted by molar-refractivity contribution is 9.10. The molecule has 0 atom stereocenters. The molecule has 0 unspecified atom stereocenters. The van der Waals surface area contributed by atoms with Crippen molar-refractivity contribution in [2.45, 2.75) is 6.61 Å². The van der Waals surface area contributed by atoms with E-state index in [1.807, 2.05) is 30.3 Å². The second-order valence-electron chi connectivity index (χ2n) is 6.49. The Morgan fingerprint density at radius 1 is 0.968 bits per heavy atom. The van der Waals surface area contributed by atoms with Gasteiger partial charge in [0.2, 0.25) is 5.89 Å². The molecule has 3 aromatic carbocycles. The number of halogens is 1. The van der Waals surface area contributed by atoms with Crippen molar-refractivity contribution >= 4 is 44.6 Å². The van der Waals surface area contributed by atoms with Crippen LogP contribution in [-0.4, -0.2) is 23.5 Å². The highest BCUT2D eigenvalue weighted by atomic mass is 79.9. The number of esters is 1. The Morgan fingerprint density at radius 3 is 2.52 bits per heavy atom. The van der Waals surface area contributed by atoms with Gasteiger partial charge in [-0.25, -0.2) is 9.78 Å². The predicted octanol–water partition coefficient (Wildman–Crippen LogP) is 4.96. The van der Waals surface area contributed by atoms with Crippen molar-refractivity contribution in [1.82, 2.24) is 4.98 Å². The maximum absolute atomic E-state index is 12.5. The molecule has 1 amide bonds. The molecule has 4 aromatic rings. The number of nitrogens with one attached hydrogen (secondary N) is 1. The van der Waals surface area contributed by atoms with Gasteiger partial charge in [-0.2, -0.15) is 0 Å². The van der Waals surface area contributed by atoms with Gasteiger partial charge in [0.25, 0.3) is 5.91 Å². The Hall–Kier alpha value is -3.65. The molecule has 1 heterocycles. The van der Waals surface area contributed by atoms with Gasteiger partial charge in [0.1, 0.15) is 16.8 Å². The first-order valence-corrected chi connectivity index (χ1v) is 10.2. The largest absolute Gasteiger partial charge is 0.483 e. The van der Waals surface area contributed by atoms with E-state index in [0.717, 1.165) is 4.47 Å². The second-order valence-corrected chi connectivity index (χ2v) is 7.41. The first-order valence-electron chi connectivity index (χ1n) is 9.37. The zero-order valence-corrected chi connectivity index (χ0v) is 17.8. The smallest absolute Gasteiger partial charge is 0.342 e. The van der Waals surface area contributed by atoms with Crippen LogP contribution in [-0.2, 0) is 16.1 Å². The van der Waals surface area contributed by atoms with Gasteiger partial charge in [0.15, 0.2) is 18.8 Å². The Morgan fingerprint density at radius 2 is 1.71 bits per heavy atom. The monoisotopic (exact) mass is 480 g/mol. The molecule has 156 valence electrons. The number of carbonyl (C=O) groups excluding carboxylic acids is 2. The summed E-state index contributed by atoms with van der Waals surface area (Å²) in [5.41, 5.74) is 2.15. The Balaban J connectivity index is 1.36. The van der Waals surface area contributed by atoms with Crippen molar-refractivity contribution in [1.29, 1.82) is 0 Å². The molecule has 0 saturated carbocycles. The standard InChI is InChI=1S/C23H17BrN2O5/c24-15-9-11-16(12-10-15)25-21(27)13-29-19-7-3-1-5-17(19)23(28)30-14-22-26-18-6-2-4-8-20(18)31-22/h1-12H,13-14H2,(H,25,27). The van der Waals surface area contributed by atoms with Gasteiger partial charge in [-0.05, 0) is 48.5 Å². The van der Waals surface area contributed by atoms with Gasteiger partial charge in [0, 0.05) is 10.2 Å². The van der Waals surface area contributed by atoms with Gasteiger partial charge in [-0.1, -0.05) is 40.2 Å². The van der Waals surface area contributed by atoms with Gasteiger partial charge in [0.05, 0.1) is 0 Å². The van der Waals surface area contributed by atoms with Crippen LogP contribution in [0.5, 0.6) is 5.75 Å². The lowest BCUT2D eigenvalue weighted by Gasteiger charge is -2.11. The van der Waals surface area contributed by atoms with Crippen molar-refractivity contribution in [3.8, 4) is 5.75 Å². The summed E-state index contributed by atoms with van der Waals surface area (Å²) in [7, 11) is 0. The summed E-state index contributed by atoms with van der Waals surface area (Å²) in [6.07, 6.45) is 0. The first-order chi connectivity index (χ1) is 15.1. The zero-order chi connectivity index (χ0) is 21.6. The Kier molecular flexibility index (Phi) is 6.28. The fourth-order valence-electron chi connectivity index (χ4n) is 2.82. The molecule has 0 spiro atoms. The van der Waals surface area contributed by atoms with Crippen molar-refractivity contribution in [3.05, 3.63) is 88.7 Å². The van der Waals surface area contributed by atoms with Crippen LogP contribution < -0.4 is 10.1 Å². The summed E-state index contributed by atoms with van der Waals surface area (Å²) >= 11 is 3.34. The molecule has 0 bridgehead atoms. The van der Waals surface area contributed by atoms with Crippen molar-refractivity contribution in [3.63, 3.8) is 0 Å². The number of nitrogens with zero attached hydrogens (tertiary/aromatic N) is 1. The summed E-state index contributed by atoms with van der Waals surface area (Å²) in [5.74, 6) is -0.416. The molecule has 1 aromatic heterocycles. The topological polar surface area (TPSA) is 90.7 Å². The van der Waals surface area contributed by atoms with Crippen molar-refractivity contribution < 1.29 is 23.5 Å². The van der Waals surface area contributed by atoms with E-state index in [2.05, 4.69) is 26.2 Å². The van der Waals surface area contributed by atoms with Crippen LogP contribution in [0.25, 0.3) is 11.1 Å². The number of ether oxygens (including phenoxy) is 2. The molecule has 0 aliphatic heterocycles. The van der Waals surface area contributed by atoms with Crippen LogP contribution in [0.3, 0.4) is 0 Å². The second kappa shape index (κ2) is 9.44. The minimum atomic E-state index is -0.605. The summed E-state index contributed by atoms with van der Waals surface area (Å²) in [6.45, 7) is -0.378. The lowest BCUT2D eigenvalue weighted by atomic mass is 10.2. The number of amides is 1. The van der Waals surface area contributed by atoms with Gasteiger partial charge in [-0.3, -0.25) is 4.79 Å². The van der Waals surface area contributed by atoms with Crippen LogP contribution >= 0.6 is 15.9 Å². The molecule has 8 heteroatoms. The van der Waals surface area contributed by atoms with Gasteiger partial charge >= 0.3 is 5.97 Å². The fraction of sp³-hybridized carbons (Fsp3) is 0.0870. The van der Waals surface area contributed by atoms with E-state index in [9.17, 15) is 9.59 Å². The third kappa shape index (κ3) is 5.29. The van der Waals surface area contributed by atoms with Crippen LogP contribution in [0, 0.1) is 0 Å². The maximum atomic E-state index is 12.5. The van der Waals surface area contributed by atoms with E-state index in [4.69, 9.17) is 13.9 Å². The number of oxazole rings is 1. The molecule has 0 radical (unpaired) electrons. The lowest BCUT2D eigenvalue weighted by Crippen LogP contribution is -2.21. The van der Waals surface area contributed by atoms with Crippen LogP contribution in [0.4, 0.5) is 5.69 Å². The molecular weight excluding hydrogens is 464 g/mol. The van der Waals surface area contributed by atoms with E-state index in [1.54, 1.807) is 42.5 Å². The predicted molar refractivity (Wildman–Crippen MR) is 118 cm³/mol. The van der Waals surface area contributed by atoms with Gasteiger partial charge < -0.3 is 19.2 Å². The Bertz CT molecular complexity index is 1190. The molecular formula is C23H17BrN2O5. The van der Waals surface area contributed by atoms with E-state index >= 15 is 0 Å². The number of hydrogen-bond acceptors (Lipinski definition) is 6. The number of hydrogen-bond donors (Lipinski definition) is 1. The van der Waals surface area contributed by atoms with E-state index in [0.29, 0.717) is 22.7 Å². The number of aromatic nitrogens is 1. The van der Waals surface area contributed by atoms with Crippen molar-refractivity contribution in [2.75, 3.05) is 11.9 Å².